The van der Waals surface area contributed by atoms with Crippen LogP contribution in [0.1, 0.15) is 134 Å². The maximum atomic E-state index is 12.3. The predicted octanol–water partition coefficient (Wildman–Crippen LogP) is 9.98. The molecule has 1 N–H and O–H groups in total. The van der Waals surface area contributed by atoms with Crippen LogP contribution in [0.15, 0.2) is 54.6 Å². The number of hydrogen-bond donors (Lipinski definition) is 1. The lowest BCUT2D eigenvalue weighted by atomic mass is 10.0. The first-order valence-corrected chi connectivity index (χ1v) is 17.0. The fourth-order valence-corrected chi connectivity index (χ4v) is 5.85. The number of benzene rings is 2. The van der Waals surface area contributed by atoms with Crippen molar-refractivity contribution >= 4 is 16.9 Å². The zero-order chi connectivity index (χ0) is 28.8. The molecule has 1 amide bonds. The molecular weight excluding hydrogens is 502 g/mol. The minimum atomic E-state index is 0.135. The number of aryl methyl sites for hydroxylation is 3. The predicted molar refractivity (Wildman–Crippen MR) is 175 cm³/mol. The first-order chi connectivity index (χ1) is 20.3. The van der Waals surface area contributed by atoms with Crippen molar-refractivity contribution in [1.82, 2.24) is 14.9 Å². The molecule has 0 aliphatic carbocycles. The Morgan fingerprint density at radius 3 is 1.85 bits per heavy atom. The van der Waals surface area contributed by atoms with Crippen molar-refractivity contribution in [3.63, 3.8) is 0 Å². The number of amides is 1. The highest BCUT2D eigenvalue weighted by Crippen LogP contribution is 2.19. The third kappa shape index (κ3) is 13.7. The number of fused-ring (bicyclic) bond motifs is 1. The molecule has 41 heavy (non-hydrogen) atoms. The van der Waals surface area contributed by atoms with Gasteiger partial charge in [0, 0.05) is 25.9 Å². The smallest absolute Gasteiger partial charge is 0.220 e. The third-order valence-corrected chi connectivity index (χ3v) is 8.35. The van der Waals surface area contributed by atoms with Gasteiger partial charge in [-0.15, -0.1) is 0 Å². The lowest BCUT2D eigenvalue weighted by Gasteiger charge is -2.10. The van der Waals surface area contributed by atoms with Crippen LogP contribution in [-0.4, -0.2) is 22.0 Å². The molecule has 0 atom stereocenters. The topological polar surface area (TPSA) is 46.9 Å². The quantitative estimate of drug-likeness (QED) is 0.111. The summed E-state index contributed by atoms with van der Waals surface area (Å²) in [6.45, 7) is 4.04. The molecule has 0 aliphatic rings. The van der Waals surface area contributed by atoms with Crippen LogP contribution in [0.2, 0.25) is 0 Å². The van der Waals surface area contributed by atoms with Crippen LogP contribution in [0.5, 0.6) is 0 Å². The number of rotatable bonds is 24. The van der Waals surface area contributed by atoms with Crippen LogP contribution in [0.25, 0.3) is 11.0 Å². The van der Waals surface area contributed by atoms with Gasteiger partial charge in [0.2, 0.25) is 5.91 Å². The Hall–Kier alpha value is -2.62. The number of carbonyl (C=O) groups excluding carboxylic acids is 1. The van der Waals surface area contributed by atoms with Gasteiger partial charge in [0.1, 0.15) is 5.82 Å². The standard InChI is InChI=1S/C37H57N3O/c1-2-3-4-5-6-7-8-9-10-11-12-13-14-15-16-22-32-40-35-27-21-20-26-34(35)39-36(40)28-23-31-38-37(41)30-29-33-24-18-17-19-25-33/h17-21,24-27H,2-16,22-23,28-32H2,1H3,(H,38,41). The van der Waals surface area contributed by atoms with E-state index in [9.17, 15) is 4.79 Å². The minimum absolute atomic E-state index is 0.135. The molecule has 0 bridgehead atoms. The molecule has 0 radical (unpaired) electrons. The summed E-state index contributed by atoms with van der Waals surface area (Å²) in [4.78, 5) is 17.2. The summed E-state index contributed by atoms with van der Waals surface area (Å²) in [6.07, 6.45) is 25.5. The van der Waals surface area contributed by atoms with E-state index in [0.717, 1.165) is 37.1 Å². The Bertz CT molecular complexity index is 1070. The van der Waals surface area contributed by atoms with Crippen LogP contribution in [-0.2, 0) is 24.2 Å². The number of carbonyl (C=O) groups is 1. The van der Waals surface area contributed by atoms with Crippen molar-refractivity contribution in [3.8, 4) is 0 Å². The fourth-order valence-electron chi connectivity index (χ4n) is 5.85. The fraction of sp³-hybridized carbons (Fsp3) is 0.622. The van der Waals surface area contributed by atoms with E-state index < -0.39 is 0 Å². The zero-order valence-corrected chi connectivity index (χ0v) is 26.1. The summed E-state index contributed by atoms with van der Waals surface area (Å²) >= 11 is 0. The second-order valence-electron chi connectivity index (χ2n) is 11.9. The number of para-hydroxylation sites is 2. The normalized spacial score (nSPS) is 11.3. The molecule has 0 unspecified atom stereocenters. The summed E-state index contributed by atoms with van der Waals surface area (Å²) in [5, 5.41) is 3.10. The SMILES string of the molecule is CCCCCCCCCCCCCCCCCCn1c(CCCNC(=O)CCc2ccccc2)nc2ccccc21. The number of aromatic nitrogens is 2. The monoisotopic (exact) mass is 559 g/mol. The van der Waals surface area contributed by atoms with Crippen molar-refractivity contribution in [2.75, 3.05) is 6.54 Å². The van der Waals surface area contributed by atoms with Crippen LogP contribution in [0.3, 0.4) is 0 Å². The first kappa shape index (κ1) is 32.9. The molecule has 4 nitrogen and oxygen atoms in total. The lowest BCUT2D eigenvalue weighted by molar-refractivity contribution is -0.121. The second kappa shape index (κ2) is 21.1. The van der Waals surface area contributed by atoms with E-state index in [1.165, 1.54) is 114 Å². The Morgan fingerprint density at radius 1 is 0.659 bits per heavy atom. The average Bonchev–Trinajstić information content (AvgIpc) is 3.35. The van der Waals surface area contributed by atoms with Gasteiger partial charge in [0.05, 0.1) is 11.0 Å². The van der Waals surface area contributed by atoms with E-state index in [2.05, 4.69) is 53.2 Å². The number of nitrogens with zero attached hydrogens (tertiary/aromatic N) is 2. The molecule has 2 aromatic carbocycles. The summed E-state index contributed by atoms with van der Waals surface area (Å²) < 4.78 is 2.43. The summed E-state index contributed by atoms with van der Waals surface area (Å²) in [5.74, 6) is 1.29. The molecule has 226 valence electrons. The average molecular weight is 560 g/mol. The maximum Gasteiger partial charge on any atom is 0.220 e. The van der Waals surface area contributed by atoms with Gasteiger partial charge in [0.25, 0.3) is 0 Å². The van der Waals surface area contributed by atoms with Gasteiger partial charge in [0.15, 0.2) is 0 Å². The number of unbranched alkanes of at least 4 members (excludes halogenated alkanes) is 15. The van der Waals surface area contributed by atoms with Gasteiger partial charge in [-0.2, -0.15) is 0 Å². The highest BCUT2D eigenvalue weighted by Gasteiger charge is 2.10. The van der Waals surface area contributed by atoms with Gasteiger partial charge in [-0.05, 0) is 37.0 Å². The number of imidazole rings is 1. The van der Waals surface area contributed by atoms with E-state index in [1.807, 2.05) is 18.2 Å². The van der Waals surface area contributed by atoms with Gasteiger partial charge in [-0.1, -0.05) is 146 Å². The molecule has 0 saturated carbocycles. The molecule has 3 aromatic rings. The lowest BCUT2D eigenvalue weighted by Crippen LogP contribution is -2.25. The number of nitrogens with one attached hydrogen (secondary N) is 1. The van der Waals surface area contributed by atoms with Gasteiger partial charge < -0.3 is 9.88 Å². The Kier molecular flexibility index (Phi) is 17.0. The van der Waals surface area contributed by atoms with Gasteiger partial charge in [-0.3, -0.25) is 4.79 Å². The second-order valence-corrected chi connectivity index (χ2v) is 11.9. The largest absolute Gasteiger partial charge is 0.356 e. The first-order valence-electron chi connectivity index (χ1n) is 17.0. The van der Waals surface area contributed by atoms with E-state index >= 15 is 0 Å². The zero-order valence-electron chi connectivity index (χ0n) is 26.1. The van der Waals surface area contributed by atoms with Crippen molar-refractivity contribution in [3.05, 3.63) is 66.0 Å². The molecule has 0 spiro atoms. The Balaban J connectivity index is 1.24. The van der Waals surface area contributed by atoms with Crippen molar-refractivity contribution in [2.24, 2.45) is 0 Å². The minimum Gasteiger partial charge on any atom is -0.356 e. The van der Waals surface area contributed by atoms with Crippen LogP contribution < -0.4 is 5.32 Å². The van der Waals surface area contributed by atoms with Crippen molar-refractivity contribution < 1.29 is 4.79 Å². The molecule has 4 heteroatoms. The molecular formula is C37H57N3O. The highest BCUT2D eigenvalue weighted by molar-refractivity contribution is 5.76. The van der Waals surface area contributed by atoms with Crippen LogP contribution in [0.4, 0.5) is 0 Å². The highest BCUT2D eigenvalue weighted by atomic mass is 16.1. The summed E-state index contributed by atoms with van der Waals surface area (Å²) in [7, 11) is 0. The summed E-state index contributed by atoms with van der Waals surface area (Å²) in [6, 6.07) is 18.7. The molecule has 0 aliphatic heterocycles. The Morgan fingerprint density at radius 2 is 1.22 bits per heavy atom. The number of hydrogen-bond acceptors (Lipinski definition) is 2. The molecule has 0 fully saturated rings. The van der Waals surface area contributed by atoms with Crippen molar-refractivity contribution in [2.45, 2.75) is 142 Å². The van der Waals surface area contributed by atoms with E-state index in [0.29, 0.717) is 13.0 Å². The van der Waals surface area contributed by atoms with Crippen LogP contribution >= 0.6 is 0 Å². The third-order valence-electron chi connectivity index (χ3n) is 8.35. The van der Waals surface area contributed by atoms with Gasteiger partial charge in [-0.25, -0.2) is 4.98 Å². The molecule has 0 saturated heterocycles. The molecule has 1 heterocycles. The van der Waals surface area contributed by atoms with E-state index in [1.54, 1.807) is 0 Å². The van der Waals surface area contributed by atoms with E-state index in [-0.39, 0.29) is 5.91 Å². The summed E-state index contributed by atoms with van der Waals surface area (Å²) in [5.41, 5.74) is 3.55. The molecule has 3 rings (SSSR count). The Labute approximate surface area is 250 Å². The van der Waals surface area contributed by atoms with Gasteiger partial charge >= 0.3 is 0 Å². The van der Waals surface area contributed by atoms with Crippen molar-refractivity contribution in [1.29, 1.82) is 0 Å². The van der Waals surface area contributed by atoms with Crippen LogP contribution in [0, 0.1) is 0 Å². The van der Waals surface area contributed by atoms with E-state index in [4.69, 9.17) is 4.98 Å². The molecule has 1 aromatic heterocycles. The maximum absolute atomic E-state index is 12.3.